The Balaban J connectivity index is 2.83. The third kappa shape index (κ3) is 3.12. The summed E-state index contributed by atoms with van der Waals surface area (Å²) in [6.07, 6.45) is 0.250. The van der Waals surface area contributed by atoms with Crippen LogP contribution in [0.2, 0.25) is 10.0 Å². The number of benzene rings is 1. The van der Waals surface area contributed by atoms with Gasteiger partial charge in [-0.3, -0.25) is 0 Å². The molecular weight excluding hydrogens is 224 g/mol. The van der Waals surface area contributed by atoms with Crippen LogP contribution in [0.3, 0.4) is 0 Å². The van der Waals surface area contributed by atoms with E-state index >= 15 is 0 Å². The second kappa shape index (κ2) is 4.47. The molecule has 0 bridgehead atoms. The quantitative estimate of drug-likeness (QED) is 0.856. The molecule has 0 heterocycles. The fourth-order valence-corrected chi connectivity index (χ4v) is 1.47. The average Bonchev–Trinajstić information content (AvgIpc) is 2.11. The molecule has 0 saturated heterocycles. The van der Waals surface area contributed by atoms with Crippen LogP contribution in [0.1, 0.15) is 12.5 Å². The van der Waals surface area contributed by atoms with Crippen molar-refractivity contribution in [1.82, 2.24) is 0 Å². The molecule has 14 heavy (non-hydrogen) atoms. The van der Waals surface area contributed by atoms with Crippen molar-refractivity contribution in [2.24, 2.45) is 5.73 Å². The molecule has 0 aliphatic carbocycles. The molecule has 0 aliphatic heterocycles. The van der Waals surface area contributed by atoms with E-state index in [9.17, 15) is 4.39 Å². The van der Waals surface area contributed by atoms with Gasteiger partial charge in [0.1, 0.15) is 5.67 Å². The first kappa shape index (κ1) is 11.8. The SMILES string of the molecule is CC(F)(CN)Cc1ccc(Cl)c(Cl)c1. The predicted molar refractivity (Wildman–Crippen MR) is 58.7 cm³/mol. The van der Waals surface area contributed by atoms with Crippen LogP contribution in [0.4, 0.5) is 4.39 Å². The fourth-order valence-electron chi connectivity index (χ4n) is 1.15. The largest absolute Gasteiger partial charge is 0.328 e. The number of halogens is 3. The highest BCUT2D eigenvalue weighted by molar-refractivity contribution is 6.42. The molecule has 1 atom stereocenters. The molecule has 0 amide bonds. The Kier molecular flexibility index (Phi) is 3.76. The number of nitrogens with two attached hydrogens (primary N) is 1. The molecule has 0 spiro atoms. The van der Waals surface area contributed by atoms with Crippen molar-refractivity contribution in [3.8, 4) is 0 Å². The van der Waals surface area contributed by atoms with Gasteiger partial charge >= 0.3 is 0 Å². The van der Waals surface area contributed by atoms with Gasteiger partial charge in [-0.2, -0.15) is 0 Å². The Morgan fingerprint density at radius 1 is 1.36 bits per heavy atom. The van der Waals surface area contributed by atoms with Crippen molar-refractivity contribution >= 4 is 23.2 Å². The van der Waals surface area contributed by atoms with Crippen LogP contribution in [0.5, 0.6) is 0 Å². The van der Waals surface area contributed by atoms with Crippen LogP contribution in [-0.2, 0) is 6.42 Å². The van der Waals surface area contributed by atoms with Crippen molar-refractivity contribution in [2.45, 2.75) is 19.0 Å². The van der Waals surface area contributed by atoms with Crippen molar-refractivity contribution in [1.29, 1.82) is 0 Å². The maximum Gasteiger partial charge on any atom is 0.124 e. The van der Waals surface area contributed by atoms with Gasteiger partial charge in [-0.15, -0.1) is 0 Å². The molecule has 0 radical (unpaired) electrons. The Bertz CT molecular complexity index is 326. The number of hydrogen-bond donors (Lipinski definition) is 1. The van der Waals surface area contributed by atoms with Gasteiger partial charge in [0.25, 0.3) is 0 Å². The highest BCUT2D eigenvalue weighted by atomic mass is 35.5. The van der Waals surface area contributed by atoms with E-state index in [1.54, 1.807) is 18.2 Å². The number of rotatable bonds is 3. The van der Waals surface area contributed by atoms with Gasteiger partial charge in [0.15, 0.2) is 0 Å². The standard InChI is InChI=1S/C10H12Cl2FN/c1-10(13,6-14)5-7-2-3-8(11)9(12)4-7/h2-4H,5-6,14H2,1H3. The zero-order chi connectivity index (χ0) is 10.8. The number of hydrogen-bond acceptors (Lipinski definition) is 1. The summed E-state index contributed by atoms with van der Waals surface area (Å²) < 4.78 is 13.5. The second-order valence-corrected chi connectivity index (χ2v) is 4.36. The molecule has 0 saturated carbocycles. The molecule has 0 aliphatic rings. The lowest BCUT2D eigenvalue weighted by Gasteiger charge is -2.17. The van der Waals surface area contributed by atoms with E-state index in [0.29, 0.717) is 10.0 Å². The Morgan fingerprint density at radius 2 is 2.00 bits per heavy atom. The summed E-state index contributed by atoms with van der Waals surface area (Å²) in [5, 5.41) is 0.917. The minimum Gasteiger partial charge on any atom is -0.328 e. The monoisotopic (exact) mass is 235 g/mol. The summed E-state index contributed by atoms with van der Waals surface area (Å²) in [6.45, 7) is 1.46. The zero-order valence-electron chi connectivity index (χ0n) is 7.86. The molecule has 1 nitrogen and oxygen atoms in total. The molecule has 1 aromatic rings. The summed E-state index contributed by atoms with van der Waals surface area (Å²) in [7, 11) is 0. The molecule has 0 aromatic heterocycles. The van der Waals surface area contributed by atoms with Crippen molar-refractivity contribution in [3.05, 3.63) is 33.8 Å². The summed E-state index contributed by atoms with van der Waals surface area (Å²) in [4.78, 5) is 0. The van der Waals surface area contributed by atoms with E-state index in [2.05, 4.69) is 0 Å². The molecule has 0 fully saturated rings. The normalized spacial score (nSPS) is 15.2. The van der Waals surface area contributed by atoms with Crippen LogP contribution in [0.15, 0.2) is 18.2 Å². The summed E-state index contributed by atoms with van der Waals surface area (Å²) >= 11 is 11.5. The first-order valence-electron chi connectivity index (χ1n) is 4.27. The lowest BCUT2D eigenvalue weighted by Crippen LogP contribution is -2.31. The van der Waals surface area contributed by atoms with E-state index in [1.165, 1.54) is 6.92 Å². The molecule has 1 unspecified atom stereocenters. The van der Waals surface area contributed by atoms with E-state index in [1.807, 2.05) is 0 Å². The summed E-state index contributed by atoms with van der Waals surface area (Å²) in [6, 6.07) is 5.07. The van der Waals surface area contributed by atoms with Crippen LogP contribution in [-0.4, -0.2) is 12.2 Å². The molecular formula is C10H12Cl2FN. The van der Waals surface area contributed by atoms with Crippen molar-refractivity contribution < 1.29 is 4.39 Å². The topological polar surface area (TPSA) is 26.0 Å². The predicted octanol–water partition coefficient (Wildman–Crippen LogP) is 3.22. The van der Waals surface area contributed by atoms with Crippen LogP contribution < -0.4 is 5.73 Å². The third-order valence-corrected chi connectivity index (χ3v) is 2.72. The number of alkyl halides is 1. The lowest BCUT2D eigenvalue weighted by molar-refractivity contribution is 0.200. The van der Waals surface area contributed by atoms with E-state index in [4.69, 9.17) is 28.9 Å². The third-order valence-electron chi connectivity index (χ3n) is 1.98. The first-order chi connectivity index (χ1) is 6.44. The van der Waals surface area contributed by atoms with Crippen molar-refractivity contribution in [3.63, 3.8) is 0 Å². The van der Waals surface area contributed by atoms with Gasteiger partial charge in [0, 0.05) is 13.0 Å². The Labute approximate surface area is 93.0 Å². The van der Waals surface area contributed by atoms with Gasteiger partial charge in [0.2, 0.25) is 0 Å². The molecule has 2 N–H and O–H groups in total. The van der Waals surface area contributed by atoms with E-state index in [-0.39, 0.29) is 13.0 Å². The lowest BCUT2D eigenvalue weighted by atomic mass is 9.98. The first-order valence-corrected chi connectivity index (χ1v) is 5.03. The Morgan fingerprint density at radius 3 is 2.50 bits per heavy atom. The van der Waals surface area contributed by atoms with Crippen LogP contribution in [0.25, 0.3) is 0 Å². The van der Waals surface area contributed by atoms with Gasteiger partial charge in [-0.25, -0.2) is 4.39 Å². The van der Waals surface area contributed by atoms with Crippen molar-refractivity contribution in [2.75, 3.05) is 6.54 Å². The van der Waals surface area contributed by atoms with Crippen LogP contribution in [0, 0.1) is 0 Å². The minimum atomic E-state index is -1.39. The summed E-state index contributed by atoms with van der Waals surface area (Å²) in [5.41, 5.74) is 4.70. The molecule has 4 heteroatoms. The second-order valence-electron chi connectivity index (χ2n) is 3.54. The molecule has 1 aromatic carbocycles. The molecule has 1 rings (SSSR count). The maximum absolute atomic E-state index is 13.5. The smallest absolute Gasteiger partial charge is 0.124 e. The Hall–Kier alpha value is -0.310. The zero-order valence-corrected chi connectivity index (χ0v) is 9.37. The highest BCUT2D eigenvalue weighted by Gasteiger charge is 2.21. The van der Waals surface area contributed by atoms with Crippen LogP contribution >= 0.6 is 23.2 Å². The fraction of sp³-hybridized carbons (Fsp3) is 0.400. The minimum absolute atomic E-state index is 0.00670. The van der Waals surface area contributed by atoms with Gasteiger partial charge in [-0.1, -0.05) is 29.3 Å². The molecule has 78 valence electrons. The van der Waals surface area contributed by atoms with E-state index in [0.717, 1.165) is 5.56 Å². The van der Waals surface area contributed by atoms with E-state index < -0.39 is 5.67 Å². The summed E-state index contributed by atoms with van der Waals surface area (Å²) in [5.74, 6) is 0. The average molecular weight is 236 g/mol. The van der Waals surface area contributed by atoms with Gasteiger partial charge < -0.3 is 5.73 Å². The van der Waals surface area contributed by atoms with Gasteiger partial charge in [-0.05, 0) is 24.6 Å². The highest BCUT2D eigenvalue weighted by Crippen LogP contribution is 2.25. The maximum atomic E-state index is 13.5. The van der Waals surface area contributed by atoms with Gasteiger partial charge in [0.05, 0.1) is 10.0 Å².